The van der Waals surface area contributed by atoms with E-state index in [1.165, 1.54) is 18.2 Å². The van der Waals surface area contributed by atoms with Crippen molar-refractivity contribution >= 4 is 17.2 Å². The van der Waals surface area contributed by atoms with E-state index in [4.69, 9.17) is 20.8 Å². The summed E-state index contributed by atoms with van der Waals surface area (Å²) in [6, 6.07) is 6.13. The number of nitrogens with zero attached hydrogens (tertiary/aromatic N) is 4. The number of aromatic nitrogens is 2. The maximum Gasteiger partial charge on any atom is 0.251 e. The zero-order chi connectivity index (χ0) is 15.4. The highest BCUT2D eigenvalue weighted by Crippen LogP contribution is 2.30. The average molecular weight is 285 g/mol. The van der Waals surface area contributed by atoms with E-state index in [9.17, 15) is 5.11 Å². The molecule has 2 rings (SSSR count). The zero-order valence-electron chi connectivity index (χ0n) is 11.0. The van der Waals surface area contributed by atoms with Crippen LogP contribution in [0.5, 0.6) is 5.75 Å². The van der Waals surface area contributed by atoms with Crippen molar-refractivity contribution in [3.05, 3.63) is 24.1 Å². The van der Waals surface area contributed by atoms with Crippen molar-refractivity contribution in [1.29, 1.82) is 10.7 Å². The van der Waals surface area contributed by atoms with Gasteiger partial charge in [0.25, 0.3) is 5.89 Å². The average Bonchev–Trinajstić information content (AvgIpc) is 2.87. The third kappa shape index (κ3) is 3.13. The number of nitrogens with two attached hydrogens (primary N) is 1. The highest BCUT2D eigenvalue weighted by molar-refractivity contribution is 6.45. The smallest absolute Gasteiger partial charge is 0.251 e. The molecular formula is C12H11N7O2. The molecule has 0 radical (unpaired) electrons. The number of anilines is 1. The van der Waals surface area contributed by atoms with Crippen molar-refractivity contribution < 1.29 is 9.52 Å². The topological polar surface area (TPSA) is 157 Å². The highest BCUT2D eigenvalue weighted by atomic mass is 16.4. The van der Waals surface area contributed by atoms with Crippen molar-refractivity contribution in [2.45, 2.75) is 6.92 Å². The monoisotopic (exact) mass is 285 g/mol. The zero-order valence-corrected chi connectivity index (χ0v) is 11.0. The molecule has 5 N–H and O–H groups in total. The fraction of sp³-hybridized carbons (Fsp3) is 0.0833. The first-order valence-electron chi connectivity index (χ1n) is 5.73. The predicted octanol–water partition coefficient (Wildman–Crippen LogP) is 0.978. The molecule has 0 aliphatic carbocycles. The number of aryl methyl sites for hydroxylation is 1. The van der Waals surface area contributed by atoms with Gasteiger partial charge >= 0.3 is 0 Å². The normalized spacial score (nSPS) is 11.0. The number of benzene rings is 1. The Morgan fingerprint density at radius 3 is 2.86 bits per heavy atom. The standard InChI is InChI=1S/C12H11N7O2/c1-6-16-19-12(21-6)8-4-7(2-3-10(8)20)17-18-9(5-13)11(14)15/h2-4,17,20H,1H3,(H3,14,15)/b18-9+. The van der Waals surface area contributed by atoms with Crippen molar-refractivity contribution in [3.8, 4) is 23.3 Å². The Kier molecular flexibility index (Phi) is 3.80. The van der Waals surface area contributed by atoms with Crippen molar-refractivity contribution in [2.24, 2.45) is 10.8 Å². The summed E-state index contributed by atoms with van der Waals surface area (Å²) < 4.78 is 5.24. The second kappa shape index (κ2) is 5.70. The lowest BCUT2D eigenvalue weighted by molar-refractivity contribution is 0.471. The molecule has 106 valence electrons. The number of hydrazone groups is 1. The minimum atomic E-state index is -0.448. The summed E-state index contributed by atoms with van der Waals surface area (Å²) in [5.74, 6) is 0.0330. The highest BCUT2D eigenvalue weighted by Gasteiger charge is 2.12. The number of hydrogen-bond acceptors (Lipinski definition) is 8. The Morgan fingerprint density at radius 2 is 2.29 bits per heavy atom. The van der Waals surface area contributed by atoms with Gasteiger partial charge in [0.15, 0.2) is 5.84 Å². The molecule has 0 spiro atoms. The van der Waals surface area contributed by atoms with Crippen LogP contribution in [0.4, 0.5) is 5.69 Å². The van der Waals surface area contributed by atoms with E-state index < -0.39 is 5.84 Å². The largest absolute Gasteiger partial charge is 0.507 e. The molecule has 0 saturated heterocycles. The van der Waals surface area contributed by atoms with Gasteiger partial charge in [0.1, 0.15) is 11.8 Å². The van der Waals surface area contributed by atoms with E-state index >= 15 is 0 Å². The molecule has 2 aromatic rings. The summed E-state index contributed by atoms with van der Waals surface area (Å²) in [7, 11) is 0. The van der Waals surface area contributed by atoms with Crippen molar-refractivity contribution in [1.82, 2.24) is 10.2 Å². The first kappa shape index (κ1) is 14.0. The summed E-state index contributed by atoms with van der Waals surface area (Å²) in [4.78, 5) is 0. The van der Waals surface area contributed by atoms with Crippen molar-refractivity contribution in [2.75, 3.05) is 5.43 Å². The number of amidine groups is 1. The van der Waals surface area contributed by atoms with E-state index in [-0.39, 0.29) is 17.4 Å². The van der Waals surface area contributed by atoms with Gasteiger partial charge < -0.3 is 15.3 Å². The van der Waals surface area contributed by atoms with E-state index in [0.717, 1.165) is 0 Å². The number of hydrogen-bond donors (Lipinski definition) is 4. The van der Waals surface area contributed by atoms with Crippen LogP contribution in [0.2, 0.25) is 0 Å². The molecular weight excluding hydrogens is 274 g/mol. The van der Waals surface area contributed by atoms with Gasteiger partial charge in [-0.1, -0.05) is 0 Å². The summed E-state index contributed by atoms with van der Waals surface area (Å²) in [5.41, 5.74) is 8.26. The van der Waals surface area contributed by atoms with Gasteiger partial charge in [0.05, 0.1) is 11.3 Å². The Balaban J connectivity index is 2.32. The lowest BCUT2D eigenvalue weighted by Gasteiger charge is -2.04. The third-order valence-corrected chi connectivity index (χ3v) is 2.41. The molecule has 0 aliphatic heterocycles. The number of nitrogens with one attached hydrogen (secondary N) is 2. The van der Waals surface area contributed by atoms with Crippen LogP contribution in [-0.4, -0.2) is 26.9 Å². The van der Waals surface area contributed by atoms with Gasteiger partial charge in [0.2, 0.25) is 11.6 Å². The molecule has 0 bridgehead atoms. The van der Waals surface area contributed by atoms with Gasteiger partial charge in [-0.3, -0.25) is 10.8 Å². The first-order valence-corrected chi connectivity index (χ1v) is 5.73. The van der Waals surface area contributed by atoms with Crippen LogP contribution in [0.25, 0.3) is 11.5 Å². The number of nitriles is 1. The van der Waals surface area contributed by atoms with Crippen LogP contribution in [0.15, 0.2) is 27.7 Å². The molecule has 0 amide bonds. The van der Waals surface area contributed by atoms with Gasteiger partial charge in [0, 0.05) is 6.92 Å². The van der Waals surface area contributed by atoms with Crippen LogP contribution < -0.4 is 11.2 Å². The Hall–Kier alpha value is -3.41. The molecule has 0 unspecified atom stereocenters. The summed E-state index contributed by atoms with van der Waals surface area (Å²) in [6.07, 6.45) is 0. The minimum Gasteiger partial charge on any atom is -0.507 e. The maximum absolute atomic E-state index is 9.81. The number of phenols is 1. The lowest BCUT2D eigenvalue weighted by Crippen LogP contribution is -2.21. The van der Waals surface area contributed by atoms with Gasteiger partial charge in [-0.2, -0.15) is 10.4 Å². The molecule has 1 heterocycles. The molecule has 9 nitrogen and oxygen atoms in total. The molecule has 0 saturated carbocycles. The van der Waals surface area contributed by atoms with Crippen LogP contribution in [0.1, 0.15) is 5.89 Å². The van der Waals surface area contributed by atoms with Gasteiger partial charge in [-0.15, -0.1) is 10.2 Å². The Morgan fingerprint density at radius 1 is 1.52 bits per heavy atom. The number of phenolic OH excluding ortho intramolecular Hbond substituents is 1. The number of rotatable bonds is 4. The van der Waals surface area contributed by atoms with Crippen LogP contribution in [-0.2, 0) is 0 Å². The van der Waals surface area contributed by atoms with Crippen molar-refractivity contribution in [3.63, 3.8) is 0 Å². The number of aromatic hydroxyl groups is 1. The first-order chi connectivity index (χ1) is 10.0. The molecule has 0 fully saturated rings. The fourth-order valence-corrected chi connectivity index (χ4v) is 1.45. The Bertz CT molecular complexity index is 757. The Labute approximate surface area is 119 Å². The summed E-state index contributed by atoms with van der Waals surface area (Å²) in [6.45, 7) is 1.63. The van der Waals surface area contributed by atoms with E-state index in [0.29, 0.717) is 17.1 Å². The van der Waals surface area contributed by atoms with Crippen LogP contribution in [0.3, 0.4) is 0 Å². The van der Waals surface area contributed by atoms with Crippen LogP contribution in [0, 0.1) is 23.7 Å². The second-order valence-corrected chi connectivity index (χ2v) is 3.96. The molecule has 1 aromatic carbocycles. The minimum absolute atomic E-state index is 0.0414. The van der Waals surface area contributed by atoms with Crippen LogP contribution >= 0.6 is 0 Å². The second-order valence-electron chi connectivity index (χ2n) is 3.96. The lowest BCUT2D eigenvalue weighted by atomic mass is 10.2. The van der Waals surface area contributed by atoms with Gasteiger partial charge in [-0.25, -0.2) is 0 Å². The SMILES string of the molecule is Cc1nnc(-c2cc(N/N=C(\C#N)C(=N)N)ccc2O)o1. The molecule has 1 aromatic heterocycles. The molecule has 21 heavy (non-hydrogen) atoms. The van der Waals surface area contributed by atoms with E-state index in [2.05, 4.69) is 20.7 Å². The summed E-state index contributed by atoms with van der Waals surface area (Å²) >= 11 is 0. The summed E-state index contributed by atoms with van der Waals surface area (Å²) in [5, 5.41) is 36.9. The quantitative estimate of drug-likeness (QED) is 0.282. The molecule has 9 heteroatoms. The van der Waals surface area contributed by atoms with E-state index in [1.54, 1.807) is 13.0 Å². The molecule has 0 aliphatic rings. The maximum atomic E-state index is 9.81. The predicted molar refractivity (Wildman–Crippen MR) is 74.7 cm³/mol. The van der Waals surface area contributed by atoms with E-state index in [1.807, 2.05) is 0 Å². The fourth-order valence-electron chi connectivity index (χ4n) is 1.45. The van der Waals surface area contributed by atoms with Gasteiger partial charge in [-0.05, 0) is 18.2 Å². The molecule has 0 atom stereocenters. The third-order valence-electron chi connectivity index (χ3n) is 2.41.